The van der Waals surface area contributed by atoms with Crippen LogP contribution in [0.15, 0.2) is 48.5 Å². The first kappa shape index (κ1) is 21.5. The van der Waals surface area contributed by atoms with E-state index in [1.807, 2.05) is 35.2 Å². The first-order valence-electron chi connectivity index (χ1n) is 10.5. The number of hydrogen-bond donors (Lipinski definition) is 0. The molecule has 3 aromatic rings. The van der Waals surface area contributed by atoms with E-state index in [2.05, 4.69) is 35.0 Å². The van der Waals surface area contributed by atoms with Gasteiger partial charge >= 0.3 is 0 Å². The number of aromatic nitrogens is 2. The Labute approximate surface area is 183 Å². The number of aryl methyl sites for hydroxylation is 1. The molecule has 0 bridgehead atoms. The Morgan fingerprint density at radius 3 is 2.39 bits per heavy atom. The van der Waals surface area contributed by atoms with Crippen LogP contribution in [0.3, 0.4) is 0 Å². The monoisotopic (exact) mass is 440 g/mol. The molecule has 31 heavy (non-hydrogen) atoms. The molecule has 1 aliphatic rings. The van der Waals surface area contributed by atoms with Gasteiger partial charge in [-0.3, -0.25) is 9.69 Å². The van der Waals surface area contributed by atoms with Crippen molar-refractivity contribution in [2.45, 2.75) is 25.8 Å². The number of imidazole rings is 1. The Bertz CT molecular complexity index is 1190. The molecular formula is C23H28N4O3S. The number of sulfone groups is 1. The molecule has 2 heterocycles. The standard InChI is InChI=1S/C23H28N4O3S/c1-18-7-3-4-8-19(18)15-25-11-13-26(14-12-25)23(28)16-27-21-10-6-5-9-20(21)24-22(27)17-31(2,29)30/h3-10H,11-17H2,1-2H3. The van der Waals surface area contributed by atoms with Crippen LogP contribution < -0.4 is 0 Å². The number of amides is 1. The molecule has 1 saturated heterocycles. The third kappa shape index (κ3) is 5.14. The van der Waals surface area contributed by atoms with Gasteiger partial charge < -0.3 is 9.47 Å². The number of hydrogen-bond acceptors (Lipinski definition) is 5. The fourth-order valence-corrected chi connectivity index (χ4v) is 4.75. The summed E-state index contributed by atoms with van der Waals surface area (Å²) in [5.41, 5.74) is 4.09. The third-order valence-electron chi connectivity index (χ3n) is 5.80. The van der Waals surface area contributed by atoms with Gasteiger partial charge in [0.05, 0.1) is 11.0 Å². The molecule has 0 spiro atoms. The maximum atomic E-state index is 13.1. The van der Waals surface area contributed by atoms with Crippen molar-refractivity contribution in [3.8, 4) is 0 Å². The van der Waals surface area contributed by atoms with Crippen LogP contribution in [0.1, 0.15) is 17.0 Å². The van der Waals surface area contributed by atoms with Crippen LogP contribution in [-0.2, 0) is 33.5 Å². The molecule has 0 N–H and O–H groups in total. The molecule has 0 saturated carbocycles. The molecule has 1 fully saturated rings. The largest absolute Gasteiger partial charge is 0.339 e. The van der Waals surface area contributed by atoms with Crippen LogP contribution in [0.4, 0.5) is 0 Å². The second kappa shape index (κ2) is 8.80. The fourth-order valence-electron chi connectivity index (χ4n) is 4.07. The molecular weight excluding hydrogens is 412 g/mol. The molecule has 1 amide bonds. The molecule has 1 aromatic heterocycles. The number of rotatable bonds is 6. The van der Waals surface area contributed by atoms with Crippen LogP contribution in [0.25, 0.3) is 11.0 Å². The minimum absolute atomic E-state index is 0.00607. The van der Waals surface area contributed by atoms with Gasteiger partial charge in [-0.25, -0.2) is 13.4 Å². The van der Waals surface area contributed by atoms with Gasteiger partial charge in [0, 0.05) is 39.0 Å². The predicted molar refractivity (Wildman–Crippen MR) is 121 cm³/mol. The minimum atomic E-state index is -3.26. The number of piperazine rings is 1. The van der Waals surface area contributed by atoms with Crippen molar-refractivity contribution in [1.82, 2.24) is 19.4 Å². The summed E-state index contributed by atoms with van der Waals surface area (Å²) in [5.74, 6) is 0.225. The number of fused-ring (bicyclic) bond motifs is 1. The van der Waals surface area contributed by atoms with Gasteiger partial charge in [0.25, 0.3) is 0 Å². The van der Waals surface area contributed by atoms with Crippen molar-refractivity contribution >= 4 is 26.8 Å². The highest BCUT2D eigenvalue weighted by molar-refractivity contribution is 7.89. The zero-order valence-electron chi connectivity index (χ0n) is 18.0. The smallest absolute Gasteiger partial charge is 0.242 e. The van der Waals surface area contributed by atoms with Gasteiger partial charge in [-0.15, -0.1) is 0 Å². The highest BCUT2D eigenvalue weighted by Crippen LogP contribution is 2.19. The number of nitrogens with zero attached hydrogens (tertiary/aromatic N) is 4. The Morgan fingerprint density at radius 1 is 1.00 bits per heavy atom. The predicted octanol–water partition coefficient (Wildman–Crippen LogP) is 2.23. The van der Waals surface area contributed by atoms with E-state index in [9.17, 15) is 13.2 Å². The summed E-state index contributed by atoms with van der Waals surface area (Å²) >= 11 is 0. The third-order valence-corrected chi connectivity index (χ3v) is 6.58. The molecule has 1 aliphatic heterocycles. The van der Waals surface area contributed by atoms with Crippen LogP contribution in [0.5, 0.6) is 0 Å². The lowest BCUT2D eigenvalue weighted by Crippen LogP contribution is -2.49. The van der Waals surface area contributed by atoms with Crippen molar-refractivity contribution in [1.29, 1.82) is 0 Å². The Hall–Kier alpha value is -2.71. The summed E-state index contributed by atoms with van der Waals surface area (Å²) in [7, 11) is -3.26. The summed E-state index contributed by atoms with van der Waals surface area (Å²) < 4.78 is 25.5. The van der Waals surface area contributed by atoms with E-state index < -0.39 is 9.84 Å². The zero-order chi connectivity index (χ0) is 22.0. The van der Waals surface area contributed by atoms with Crippen molar-refractivity contribution in [2.24, 2.45) is 0 Å². The van der Waals surface area contributed by atoms with E-state index in [0.717, 1.165) is 25.2 Å². The second-order valence-electron chi connectivity index (χ2n) is 8.26. The van der Waals surface area contributed by atoms with Crippen LogP contribution in [0.2, 0.25) is 0 Å². The molecule has 0 unspecified atom stereocenters. The van der Waals surface area contributed by atoms with Gasteiger partial charge in [0.1, 0.15) is 18.1 Å². The van der Waals surface area contributed by atoms with Crippen molar-refractivity contribution in [3.63, 3.8) is 0 Å². The molecule has 7 nitrogen and oxygen atoms in total. The van der Waals surface area contributed by atoms with E-state index in [0.29, 0.717) is 24.4 Å². The Balaban J connectivity index is 1.44. The van der Waals surface area contributed by atoms with Gasteiger partial charge in [0.15, 0.2) is 9.84 Å². The van der Waals surface area contributed by atoms with E-state index >= 15 is 0 Å². The molecule has 4 rings (SSSR count). The Kier molecular flexibility index (Phi) is 6.11. The summed E-state index contributed by atoms with van der Waals surface area (Å²) in [6.45, 7) is 6.08. The van der Waals surface area contributed by atoms with E-state index in [-0.39, 0.29) is 18.2 Å². The zero-order valence-corrected chi connectivity index (χ0v) is 18.8. The molecule has 0 atom stereocenters. The lowest BCUT2D eigenvalue weighted by atomic mass is 10.1. The fraction of sp³-hybridized carbons (Fsp3) is 0.391. The Morgan fingerprint density at radius 2 is 1.68 bits per heavy atom. The van der Waals surface area contributed by atoms with Crippen LogP contribution >= 0.6 is 0 Å². The number of para-hydroxylation sites is 2. The van der Waals surface area contributed by atoms with Crippen LogP contribution in [0, 0.1) is 6.92 Å². The molecule has 8 heteroatoms. The van der Waals surface area contributed by atoms with Crippen molar-refractivity contribution in [3.05, 3.63) is 65.5 Å². The summed E-state index contributed by atoms with van der Waals surface area (Å²) in [5, 5.41) is 0. The lowest BCUT2D eigenvalue weighted by molar-refractivity contribution is -0.133. The highest BCUT2D eigenvalue weighted by Gasteiger charge is 2.24. The maximum absolute atomic E-state index is 13.1. The van der Waals surface area contributed by atoms with E-state index in [1.165, 1.54) is 17.4 Å². The average molecular weight is 441 g/mol. The van der Waals surface area contributed by atoms with Crippen molar-refractivity contribution < 1.29 is 13.2 Å². The van der Waals surface area contributed by atoms with Crippen molar-refractivity contribution in [2.75, 3.05) is 32.4 Å². The number of carbonyl (C=O) groups is 1. The average Bonchev–Trinajstić information content (AvgIpc) is 3.05. The SMILES string of the molecule is Cc1ccccc1CN1CCN(C(=O)Cn2c(CS(C)(=O)=O)nc3ccccc32)CC1. The summed E-state index contributed by atoms with van der Waals surface area (Å²) in [6.07, 6.45) is 1.19. The minimum Gasteiger partial charge on any atom is -0.339 e. The highest BCUT2D eigenvalue weighted by atomic mass is 32.2. The second-order valence-corrected chi connectivity index (χ2v) is 10.4. The maximum Gasteiger partial charge on any atom is 0.242 e. The quantitative estimate of drug-likeness (QED) is 0.588. The first-order chi connectivity index (χ1) is 14.8. The first-order valence-corrected chi connectivity index (χ1v) is 12.5. The van der Waals surface area contributed by atoms with Crippen LogP contribution in [-0.4, -0.2) is 66.1 Å². The topological polar surface area (TPSA) is 75.5 Å². The molecule has 164 valence electrons. The van der Waals surface area contributed by atoms with Gasteiger partial charge in [-0.2, -0.15) is 0 Å². The summed E-state index contributed by atoms with van der Waals surface area (Å²) in [6, 6.07) is 15.8. The molecule has 2 aromatic carbocycles. The van der Waals surface area contributed by atoms with Gasteiger partial charge in [-0.1, -0.05) is 36.4 Å². The lowest BCUT2D eigenvalue weighted by Gasteiger charge is -2.35. The number of benzene rings is 2. The number of carbonyl (C=O) groups excluding carboxylic acids is 1. The molecule has 0 aliphatic carbocycles. The molecule has 0 radical (unpaired) electrons. The summed E-state index contributed by atoms with van der Waals surface area (Å²) in [4.78, 5) is 21.8. The van der Waals surface area contributed by atoms with E-state index in [4.69, 9.17) is 0 Å². The normalized spacial score (nSPS) is 15.5. The van der Waals surface area contributed by atoms with Gasteiger partial charge in [0.2, 0.25) is 5.91 Å². The van der Waals surface area contributed by atoms with Gasteiger partial charge in [-0.05, 0) is 30.2 Å². The van der Waals surface area contributed by atoms with E-state index in [1.54, 1.807) is 4.57 Å².